The topological polar surface area (TPSA) is 47.6 Å². The Bertz CT molecular complexity index is 940. The van der Waals surface area contributed by atoms with Gasteiger partial charge in [-0.05, 0) is 41.5 Å². The van der Waals surface area contributed by atoms with Crippen molar-refractivity contribution in [2.24, 2.45) is 0 Å². The first-order valence-electron chi connectivity index (χ1n) is 7.98. The second-order valence-electron chi connectivity index (χ2n) is 5.75. The molecule has 0 aliphatic carbocycles. The van der Waals surface area contributed by atoms with Gasteiger partial charge in [-0.1, -0.05) is 42.2 Å². The van der Waals surface area contributed by atoms with Crippen LogP contribution in [0.1, 0.15) is 16.7 Å². The summed E-state index contributed by atoms with van der Waals surface area (Å²) in [4.78, 5) is 12.2. The van der Waals surface area contributed by atoms with Gasteiger partial charge in [0.05, 0.1) is 17.6 Å². The van der Waals surface area contributed by atoms with E-state index in [1.165, 1.54) is 31.0 Å². The number of alkyl halides is 3. The minimum absolute atomic E-state index is 0.0848. The van der Waals surface area contributed by atoms with Crippen molar-refractivity contribution >= 4 is 40.3 Å². The number of carbonyl (C=O) groups is 1. The molecule has 1 aliphatic heterocycles. The number of benzene rings is 2. The summed E-state index contributed by atoms with van der Waals surface area (Å²) >= 11 is 6.13. The Balaban J connectivity index is 1.72. The fourth-order valence-corrected chi connectivity index (χ4v) is 3.46. The average Bonchev–Trinajstić information content (AvgIpc) is 2.97. The summed E-state index contributed by atoms with van der Waals surface area (Å²) in [6, 6.07) is 9.88. The lowest BCUT2D eigenvalue weighted by atomic mass is 10.1. The van der Waals surface area contributed by atoms with Crippen molar-refractivity contribution in [1.29, 1.82) is 0 Å². The zero-order valence-electron chi connectivity index (χ0n) is 14.5. The predicted octanol–water partition coefficient (Wildman–Crippen LogP) is 4.78. The third-order valence-electron chi connectivity index (χ3n) is 3.80. The van der Waals surface area contributed by atoms with Crippen LogP contribution in [-0.4, -0.2) is 17.3 Å². The van der Waals surface area contributed by atoms with Gasteiger partial charge in [0.25, 0.3) is 5.91 Å². The number of methoxy groups -OCH3 is 1. The van der Waals surface area contributed by atoms with Crippen LogP contribution in [0.2, 0.25) is 0 Å². The van der Waals surface area contributed by atoms with Crippen molar-refractivity contribution in [3.05, 3.63) is 64.1 Å². The SMILES string of the molecule is COc1cc(C=C2SC(=S)NC2=O)ccc1OCc1ccc(C(F)(F)F)cc1. The molecule has 1 N–H and O–H groups in total. The van der Waals surface area contributed by atoms with E-state index in [1.54, 1.807) is 24.3 Å². The molecule has 0 saturated carbocycles. The molecule has 1 aliphatic rings. The van der Waals surface area contributed by atoms with Gasteiger partial charge in [-0.3, -0.25) is 4.79 Å². The van der Waals surface area contributed by atoms with Crippen LogP contribution in [0.25, 0.3) is 6.08 Å². The van der Waals surface area contributed by atoms with E-state index >= 15 is 0 Å². The molecule has 1 fully saturated rings. The molecule has 3 rings (SSSR count). The number of ether oxygens (including phenoxy) is 2. The lowest BCUT2D eigenvalue weighted by molar-refractivity contribution is -0.137. The molecule has 0 unspecified atom stereocenters. The minimum atomic E-state index is -4.37. The van der Waals surface area contributed by atoms with E-state index in [0.717, 1.165) is 17.7 Å². The predicted molar refractivity (Wildman–Crippen MR) is 105 cm³/mol. The van der Waals surface area contributed by atoms with Crippen molar-refractivity contribution in [1.82, 2.24) is 5.32 Å². The van der Waals surface area contributed by atoms with Gasteiger partial charge in [0.1, 0.15) is 10.9 Å². The molecular weight excluding hydrogens is 411 g/mol. The van der Waals surface area contributed by atoms with Gasteiger partial charge in [0.2, 0.25) is 0 Å². The van der Waals surface area contributed by atoms with Crippen LogP contribution in [0.3, 0.4) is 0 Å². The second-order valence-corrected chi connectivity index (χ2v) is 7.46. The molecule has 0 bridgehead atoms. The lowest BCUT2D eigenvalue weighted by Gasteiger charge is -2.12. The number of thioether (sulfide) groups is 1. The van der Waals surface area contributed by atoms with E-state index in [1.807, 2.05) is 0 Å². The van der Waals surface area contributed by atoms with Crippen LogP contribution in [0.5, 0.6) is 11.5 Å². The summed E-state index contributed by atoms with van der Waals surface area (Å²) in [5.41, 5.74) is 0.606. The maximum Gasteiger partial charge on any atom is 0.416 e. The summed E-state index contributed by atoms with van der Waals surface area (Å²) < 4.78 is 49.2. The number of halogens is 3. The highest BCUT2D eigenvalue weighted by Gasteiger charge is 2.29. The zero-order chi connectivity index (χ0) is 20.3. The Kier molecular flexibility index (Phi) is 5.95. The molecule has 4 nitrogen and oxygen atoms in total. The normalized spacial score (nSPS) is 15.6. The molecule has 1 amide bonds. The Morgan fingerprint density at radius 2 is 1.86 bits per heavy atom. The Morgan fingerprint density at radius 3 is 2.43 bits per heavy atom. The summed E-state index contributed by atoms with van der Waals surface area (Å²) in [6.07, 6.45) is -2.69. The van der Waals surface area contributed by atoms with Crippen LogP contribution < -0.4 is 14.8 Å². The van der Waals surface area contributed by atoms with Gasteiger partial charge >= 0.3 is 6.18 Å². The van der Waals surface area contributed by atoms with Gasteiger partial charge in [0, 0.05) is 0 Å². The van der Waals surface area contributed by atoms with Crippen molar-refractivity contribution in [3.63, 3.8) is 0 Å². The molecule has 2 aromatic rings. The number of carbonyl (C=O) groups excluding carboxylic acids is 1. The summed E-state index contributed by atoms with van der Waals surface area (Å²) in [5.74, 6) is 0.618. The maximum absolute atomic E-state index is 12.6. The zero-order valence-corrected chi connectivity index (χ0v) is 16.1. The van der Waals surface area contributed by atoms with Crippen LogP contribution in [0, 0.1) is 0 Å². The third-order valence-corrected chi connectivity index (χ3v) is 4.97. The first-order chi connectivity index (χ1) is 13.3. The van der Waals surface area contributed by atoms with Crippen molar-refractivity contribution in [2.75, 3.05) is 7.11 Å². The monoisotopic (exact) mass is 425 g/mol. The molecule has 1 heterocycles. The minimum Gasteiger partial charge on any atom is -0.493 e. The van der Waals surface area contributed by atoms with Crippen LogP contribution in [-0.2, 0) is 17.6 Å². The molecule has 9 heteroatoms. The molecule has 28 heavy (non-hydrogen) atoms. The van der Waals surface area contributed by atoms with E-state index in [0.29, 0.717) is 26.3 Å². The first kappa shape index (κ1) is 20.2. The first-order valence-corrected chi connectivity index (χ1v) is 9.20. The molecular formula is C19H14F3NO3S2. The number of amides is 1. The van der Waals surface area contributed by atoms with Crippen molar-refractivity contribution in [3.8, 4) is 11.5 Å². The Labute approximate surface area is 168 Å². The Hall–Kier alpha value is -2.52. The number of hydrogen-bond acceptors (Lipinski definition) is 5. The maximum atomic E-state index is 12.6. The van der Waals surface area contributed by atoms with Crippen molar-refractivity contribution in [2.45, 2.75) is 12.8 Å². The number of hydrogen-bond donors (Lipinski definition) is 1. The van der Waals surface area contributed by atoms with Crippen molar-refractivity contribution < 1.29 is 27.4 Å². The fraction of sp³-hybridized carbons (Fsp3) is 0.158. The molecule has 0 atom stereocenters. The molecule has 1 saturated heterocycles. The van der Waals surface area contributed by atoms with E-state index < -0.39 is 11.7 Å². The van der Waals surface area contributed by atoms with E-state index in [4.69, 9.17) is 21.7 Å². The lowest BCUT2D eigenvalue weighted by Crippen LogP contribution is -2.17. The fourth-order valence-electron chi connectivity index (χ4n) is 2.42. The Morgan fingerprint density at radius 1 is 1.14 bits per heavy atom. The summed E-state index contributed by atoms with van der Waals surface area (Å²) in [5, 5.41) is 2.54. The second kappa shape index (κ2) is 8.24. The highest BCUT2D eigenvalue weighted by Crippen LogP contribution is 2.33. The number of rotatable bonds is 5. The number of thiocarbonyl (C=S) groups is 1. The van der Waals surface area contributed by atoms with Crippen LogP contribution in [0.15, 0.2) is 47.4 Å². The van der Waals surface area contributed by atoms with Gasteiger partial charge in [-0.25, -0.2) is 0 Å². The van der Waals surface area contributed by atoms with Crippen LogP contribution in [0.4, 0.5) is 13.2 Å². The van der Waals surface area contributed by atoms with E-state index in [2.05, 4.69) is 5.32 Å². The third kappa shape index (κ3) is 4.85. The average molecular weight is 425 g/mol. The summed E-state index contributed by atoms with van der Waals surface area (Å²) in [6.45, 7) is 0.0848. The van der Waals surface area contributed by atoms with Gasteiger partial charge < -0.3 is 14.8 Å². The van der Waals surface area contributed by atoms with Crippen LogP contribution >= 0.6 is 24.0 Å². The van der Waals surface area contributed by atoms with E-state index in [9.17, 15) is 18.0 Å². The highest BCUT2D eigenvalue weighted by molar-refractivity contribution is 8.26. The standard InChI is InChI=1S/C19H14F3NO3S2/c1-25-15-8-12(9-16-17(24)23-18(27)28-16)4-7-14(15)26-10-11-2-5-13(6-3-11)19(20,21)22/h2-9H,10H2,1H3,(H,23,24,27). The largest absolute Gasteiger partial charge is 0.493 e. The van der Waals surface area contributed by atoms with Gasteiger partial charge in [-0.2, -0.15) is 13.2 Å². The van der Waals surface area contributed by atoms with Gasteiger partial charge in [0.15, 0.2) is 11.5 Å². The number of nitrogens with one attached hydrogen (secondary N) is 1. The molecule has 0 spiro atoms. The molecule has 0 aromatic heterocycles. The molecule has 2 aromatic carbocycles. The highest BCUT2D eigenvalue weighted by atomic mass is 32.2. The molecule has 0 radical (unpaired) electrons. The quantitative estimate of drug-likeness (QED) is 0.552. The van der Waals surface area contributed by atoms with E-state index in [-0.39, 0.29) is 12.5 Å². The molecule has 146 valence electrons. The summed E-state index contributed by atoms with van der Waals surface area (Å²) in [7, 11) is 1.48. The van der Waals surface area contributed by atoms with Gasteiger partial charge in [-0.15, -0.1) is 0 Å². The smallest absolute Gasteiger partial charge is 0.416 e.